The number of hydrogen-bond donors (Lipinski definition) is 1. The Kier molecular flexibility index (Phi) is 4.61. The number of benzene rings is 2. The Labute approximate surface area is 153 Å². The number of hydrogen-bond acceptors (Lipinski definition) is 6. The minimum absolute atomic E-state index is 0.0518. The summed E-state index contributed by atoms with van der Waals surface area (Å²) in [4.78, 5) is 4.72. The standard InChI is InChI=1S/C20H24N2O4/c1-21-7-9-22(10-8-21)20(14-3-5-15(24-2)6-4-14)16-11-18-19(12-17(16)23)26-13-25-18/h3-6,11-12,20,23H,7-10,13H2,1-2H3/t20-/m1/s1. The maximum atomic E-state index is 10.7. The van der Waals surface area contributed by atoms with Crippen LogP contribution in [-0.2, 0) is 0 Å². The highest BCUT2D eigenvalue weighted by Crippen LogP contribution is 2.43. The number of ether oxygens (including phenoxy) is 3. The lowest BCUT2D eigenvalue weighted by molar-refractivity contribution is 0.126. The molecule has 2 aromatic rings. The van der Waals surface area contributed by atoms with E-state index in [1.165, 1.54) is 0 Å². The van der Waals surface area contributed by atoms with E-state index in [0.717, 1.165) is 43.1 Å². The molecule has 1 fully saturated rings. The van der Waals surface area contributed by atoms with Crippen LogP contribution in [0.5, 0.6) is 23.0 Å². The molecule has 2 heterocycles. The maximum Gasteiger partial charge on any atom is 0.231 e. The first-order valence-electron chi connectivity index (χ1n) is 8.85. The largest absolute Gasteiger partial charge is 0.507 e. The second-order valence-electron chi connectivity index (χ2n) is 6.78. The van der Waals surface area contributed by atoms with Gasteiger partial charge < -0.3 is 24.2 Å². The summed E-state index contributed by atoms with van der Waals surface area (Å²) in [6.07, 6.45) is 0. The summed E-state index contributed by atoms with van der Waals surface area (Å²) < 4.78 is 16.2. The molecule has 1 N–H and O–H groups in total. The molecular weight excluding hydrogens is 332 g/mol. The molecule has 0 bridgehead atoms. The quantitative estimate of drug-likeness (QED) is 0.908. The van der Waals surface area contributed by atoms with Crippen molar-refractivity contribution in [1.82, 2.24) is 9.80 Å². The molecule has 6 nitrogen and oxygen atoms in total. The highest BCUT2D eigenvalue weighted by Gasteiger charge is 2.29. The fourth-order valence-electron chi connectivity index (χ4n) is 3.62. The van der Waals surface area contributed by atoms with Crippen LogP contribution in [0, 0.1) is 0 Å². The highest BCUT2D eigenvalue weighted by atomic mass is 16.7. The van der Waals surface area contributed by atoms with Gasteiger partial charge in [0, 0.05) is 37.8 Å². The summed E-state index contributed by atoms with van der Waals surface area (Å²) in [6.45, 7) is 4.05. The van der Waals surface area contributed by atoms with Crippen molar-refractivity contribution in [3.63, 3.8) is 0 Å². The zero-order chi connectivity index (χ0) is 18.1. The van der Waals surface area contributed by atoms with Gasteiger partial charge in [-0.05, 0) is 30.8 Å². The minimum atomic E-state index is -0.0518. The van der Waals surface area contributed by atoms with E-state index in [0.29, 0.717) is 11.5 Å². The topological polar surface area (TPSA) is 54.4 Å². The zero-order valence-corrected chi connectivity index (χ0v) is 15.1. The Balaban J connectivity index is 1.75. The summed E-state index contributed by atoms with van der Waals surface area (Å²) in [5.41, 5.74) is 1.95. The van der Waals surface area contributed by atoms with Gasteiger partial charge in [0.25, 0.3) is 0 Å². The summed E-state index contributed by atoms with van der Waals surface area (Å²) in [5, 5.41) is 10.7. The van der Waals surface area contributed by atoms with Crippen molar-refractivity contribution in [2.75, 3.05) is 47.1 Å². The summed E-state index contributed by atoms with van der Waals surface area (Å²) >= 11 is 0. The molecular formula is C20H24N2O4. The van der Waals surface area contributed by atoms with Gasteiger partial charge in [-0.3, -0.25) is 4.90 Å². The zero-order valence-electron chi connectivity index (χ0n) is 15.1. The molecule has 26 heavy (non-hydrogen) atoms. The average molecular weight is 356 g/mol. The van der Waals surface area contributed by atoms with Crippen LogP contribution in [0.3, 0.4) is 0 Å². The molecule has 0 amide bonds. The number of phenols is 1. The van der Waals surface area contributed by atoms with E-state index < -0.39 is 0 Å². The molecule has 2 aliphatic heterocycles. The van der Waals surface area contributed by atoms with E-state index in [-0.39, 0.29) is 18.6 Å². The van der Waals surface area contributed by atoms with Crippen molar-refractivity contribution in [2.24, 2.45) is 0 Å². The highest BCUT2D eigenvalue weighted by molar-refractivity contribution is 5.54. The number of piperazine rings is 1. The van der Waals surface area contributed by atoms with E-state index in [1.807, 2.05) is 18.2 Å². The van der Waals surface area contributed by atoms with E-state index >= 15 is 0 Å². The van der Waals surface area contributed by atoms with E-state index in [1.54, 1.807) is 13.2 Å². The first-order valence-corrected chi connectivity index (χ1v) is 8.85. The molecule has 2 aliphatic rings. The third kappa shape index (κ3) is 3.18. The number of phenolic OH excluding ortho intramolecular Hbond substituents is 1. The Bertz CT molecular complexity index is 770. The van der Waals surface area contributed by atoms with Crippen molar-refractivity contribution in [3.05, 3.63) is 47.5 Å². The van der Waals surface area contributed by atoms with Crippen molar-refractivity contribution in [3.8, 4) is 23.0 Å². The lowest BCUT2D eigenvalue weighted by Gasteiger charge is -2.38. The fourth-order valence-corrected chi connectivity index (χ4v) is 3.62. The van der Waals surface area contributed by atoms with Crippen LogP contribution in [0.2, 0.25) is 0 Å². The van der Waals surface area contributed by atoms with Gasteiger partial charge in [0.1, 0.15) is 11.5 Å². The number of rotatable bonds is 4. The van der Waals surface area contributed by atoms with Crippen LogP contribution in [0.15, 0.2) is 36.4 Å². The molecule has 1 saturated heterocycles. The van der Waals surface area contributed by atoms with Crippen molar-refractivity contribution in [1.29, 1.82) is 0 Å². The molecule has 0 aliphatic carbocycles. The van der Waals surface area contributed by atoms with Crippen LogP contribution in [0.25, 0.3) is 0 Å². The fraction of sp³-hybridized carbons (Fsp3) is 0.400. The predicted molar refractivity (Wildman–Crippen MR) is 98.1 cm³/mol. The van der Waals surface area contributed by atoms with Gasteiger partial charge in [0.2, 0.25) is 6.79 Å². The van der Waals surface area contributed by atoms with Gasteiger partial charge in [-0.25, -0.2) is 0 Å². The molecule has 4 rings (SSSR count). The molecule has 0 radical (unpaired) electrons. The predicted octanol–water partition coefficient (Wildman–Crippen LogP) is 2.47. The second kappa shape index (κ2) is 7.05. The normalized spacial score (nSPS) is 18.7. The van der Waals surface area contributed by atoms with E-state index in [4.69, 9.17) is 14.2 Å². The van der Waals surface area contributed by atoms with Gasteiger partial charge in [0.05, 0.1) is 13.2 Å². The number of likely N-dealkylation sites (N-methyl/N-ethyl adjacent to an activating group) is 1. The average Bonchev–Trinajstić information content (AvgIpc) is 3.11. The molecule has 0 saturated carbocycles. The monoisotopic (exact) mass is 356 g/mol. The number of nitrogens with zero attached hydrogens (tertiary/aromatic N) is 2. The number of aromatic hydroxyl groups is 1. The maximum absolute atomic E-state index is 10.7. The Morgan fingerprint density at radius 2 is 1.65 bits per heavy atom. The smallest absolute Gasteiger partial charge is 0.231 e. The SMILES string of the molecule is COc1ccc([C@H](c2cc3c(cc2O)OCO3)N2CCN(C)CC2)cc1. The third-order valence-electron chi connectivity index (χ3n) is 5.15. The Morgan fingerprint density at radius 3 is 2.31 bits per heavy atom. The summed E-state index contributed by atoms with van der Waals surface area (Å²) in [5.74, 6) is 2.33. The Morgan fingerprint density at radius 1 is 1.00 bits per heavy atom. The van der Waals surface area contributed by atoms with Crippen LogP contribution in [0.4, 0.5) is 0 Å². The first kappa shape index (κ1) is 17.0. The van der Waals surface area contributed by atoms with Crippen LogP contribution in [-0.4, -0.2) is 62.0 Å². The minimum Gasteiger partial charge on any atom is -0.507 e. The number of fused-ring (bicyclic) bond motifs is 1. The molecule has 0 aromatic heterocycles. The summed E-state index contributed by atoms with van der Waals surface area (Å²) in [6, 6.07) is 11.6. The van der Waals surface area contributed by atoms with Gasteiger partial charge in [-0.2, -0.15) is 0 Å². The van der Waals surface area contributed by atoms with Crippen LogP contribution >= 0.6 is 0 Å². The van der Waals surface area contributed by atoms with Crippen LogP contribution in [0.1, 0.15) is 17.2 Å². The van der Waals surface area contributed by atoms with Gasteiger partial charge in [-0.15, -0.1) is 0 Å². The van der Waals surface area contributed by atoms with Gasteiger partial charge in [0.15, 0.2) is 11.5 Å². The van der Waals surface area contributed by atoms with Crippen molar-refractivity contribution < 1.29 is 19.3 Å². The number of methoxy groups -OCH3 is 1. The molecule has 1 atom stereocenters. The second-order valence-corrected chi connectivity index (χ2v) is 6.78. The van der Waals surface area contributed by atoms with E-state index in [2.05, 4.69) is 29.0 Å². The molecule has 138 valence electrons. The lowest BCUT2D eigenvalue weighted by Crippen LogP contribution is -2.46. The molecule has 0 unspecified atom stereocenters. The van der Waals surface area contributed by atoms with E-state index in [9.17, 15) is 5.11 Å². The summed E-state index contributed by atoms with van der Waals surface area (Å²) in [7, 11) is 3.80. The molecule has 0 spiro atoms. The molecule has 2 aromatic carbocycles. The Hall–Kier alpha value is -2.44. The van der Waals surface area contributed by atoms with Gasteiger partial charge >= 0.3 is 0 Å². The molecule has 6 heteroatoms. The van der Waals surface area contributed by atoms with Crippen molar-refractivity contribution >= 4 is 0 Å². The van der Waals surface area contributed by atoms with Crippen molar-refractivity contribution in [2.45, 2.75) is 6.04 Å². The lowest BCUT2D eigenvalue weighted by atomic mass is 9.95. The van der Waals surface area contributed by atoms with Crippen LogP contribution < -0.4 is 14.2 Å². The first-order chi connectivity index (χ1) is 12.7. The van der Waals surface area contributed by atoms with Gasteiger partial charge in [-0.1, -0.05) is 12.1 Å². The third-order valence-corrected chi connectivity index (χ3v) is 5.15.